The second-order valence-corrected chi connectivity index (χ2v) is 13.5. The summed E-state index contributed by atoms with van der Waals surface area (Å²) >= 11 is 0. The van der Waals surface area contributed by atoms with Crippen LogP contribution in [0.4, 0.5) is 0 Å². The maximum atomic E-state index is 11.0. The highest BCUT2D eigenvalue weighted by atomic mass is 16.7. The molecule has 0 amide bonds. The van der Waals surface area contributed by atoms with Crippen molar-refractivity contribution in [2.45, 2.75) is 184 Å². The zero-order chi connectivity index (χ0) is 34.1. The second kappa shape index (κ2) is 26.7. The third-order valence-electron chi connectivity index (χ3n) is 9.44. The van der Waals surface area contributed by atoms with E-state index in [-0.39, 0.29) is 6.61 Å². The molecule has 0 spiro atoms. The molecule has 1 saturated heterocycles. The summed E-state index contributed by atoms with van der Waals surface area (Å²) in [6, 6.07) is 10.5. The Labute approximate surface area is 284 Å². The fraction of sp³-hybridized carbons (Fsp3) is 0.842. The molecule has 0 saturated carbocycles. The van der Waals surface area contributed by atoms with E-state index in [9.17, 15) is 30.6 Å². The van der Waals surface area contributed by atoms with Gasteiger partial charge < -0.3 is 44.8 Å². The monoisotopic (exact) mass is 668 g/mol. The van der Waals surface area contributed by atoms with Gasteiger partial charge in [0.2, 0.25) is 0 Å². The first-order valence-corrected chi connectivity index (χ1v) is 18.8. The molecule has 6 N–H and O–H groups in total. The zero-order valence-electron chi connectivity index (χ0n) is 29.2. The number of aryl methyl sites for hydroxylation is 1. The molecule has 1 aromatic carbocycles. The predicted octanol–water partition coefficient (Wildman–Crippen LogP) is 5.58. The van der Waals surface area contributed by atoms with E-state index in [1.54, 1.807) is 0 Å². The van der Waals surface area contributed by atoms with Crippen molar-refractivity contribution < 1.29 is 44.8 Å². The van der Waals surface area contributed by atoms with E-state index in [4.69, 9.17) is 14.2 Å². The predicted molar refractivity (Wildman–Crippen MR) is 185 cm³/mol. The van der Waals surface area contributed by atoms with Crippen molar-refractivity contribution in [1.29, 1.82) is 0 Å². The van der Waals surface area contributed by atoms with Crippen LogP contribution in [-0.4, -0.2) is 99.5 Å². The SMILES string of the molecule is CCCCCCCCCCCCCC[C@H](O)[C@H](O)[C@@H](CO[C@H]1O[C@H](CO)[C@H](O)[C@H](O)[C@H]1O)OCCCCCCCCc1ccccc1. The Morgan fingerprint density at radius 1 is 0.681 bits per heavy atom. The number of aliphatic hydroxyl groups is 6. The van der Waals surface area contributed by atoms with Gasteiger partial charge in [-0.2, -0.15) is 0 Å². The zero-order valence-corrected chi connectivity index (χ0v) is 29.2. The van der Waals surface area contributed by atoms with Crippen LogP contribution in [0.3, 0.4) is 0 Å². The maximum absolute atomic E-state index is 11.0. The Hall–Kier alpha value is -1.14. The molecular formula is C38H68O9. The van der Waals surface area contributed by atoms with Gasteiger partial charge in [0.1, 0.15) is 36.6 Å². The average molecular weight is 669 g/mol. The third-order valence-corrected chi connectivity index (χ3v) is 9.44. The van der Waals surface area contributed by atoms with Crippen LogP contribution >= 0.6 is 0 Å². The lowest BCUT2D eigenvalue weighted by Crippen LogP contribution is -2.59. The summed E-state index contributed by atoms with van der Waals surface area (Å²) < 4.78 is 17.2. The molecule has 47 heavy (non-hydrogen) atoms. The van der Waals surface area contributed by atoms with Gasteiger partial charge in [-0.25, -0.2) is 0 Å². The van der Waals surface area contributed by atoms with E-state index < -0.39 is 55.6 Å². The lowest BCUT2D eigenvalue weighted by atomic mass is 9.99. The van der Waals surface area contributed by atoms with Crippen molar-refractivity contribution in [2.75, 3.05) is 19.8 Å². The van der Waals surface area contributed by atoms with E-state index in [0.717, 1.165) is 51.4 Å². The number of benzene rings is 1. The fourth-order valence-electron chi connectivity index (χ4n) is 6.27. The number of unbranched alkanes of at least 4 members (excludes halogenated alkanes) is 16. The van der Waals surface area contributed by atoms with Crippen LogP contribution in [0.15, 0.2) is 30.3 Å². The molecule has 9 heteroatoms. The molecule has 274 valence electrons. The normalized spacial score (nSPS) is 23.5. The highest BCUT2D eigenvalue weighted by molar-refractivity contribution is 5.14. The summed E-state index contributed by atoms with van der Waals surface area (Å²) in [4.78, 5) is 0. The number of ether oxygens (including phenoxy) is 3. The highest BCUT2D eigenvalue weighted by Gasteiger charge is 2.44. The van der Waals surface area contributed by atoms with Crippen molar-refractivity contribution in [1.82, 2.24) is 0 Å². The van der Waals surface area contributed by atoms with Crippen LogP contribution in [-0.2, 0) is 20.6 Å². The first-order chi connectivity index (χ1) is 22.9. The van der Waals surface area contributed by atoms with Gasteiger partial charge >= 0.3 is 0 Å². The van der Waals surface area contributed by atoms with Gasteiger partial charge in [-0.15, -0.1) is 0 Å². The molecule has 0 unspecified atom stereocenters. The topological polar surface area (TPSA) is 149 Å². The Kier molecular flexibility index (Phi) is 23.9. The van der Waals surface area contributed by atoms with E-state index in [0.29, 0.717) is 13.0 Å². The van der Waals surface area contributed by atoms with Gasteiger partial charge in [0, 0.05) is 6.61 Å². The van der Waals surface area contributed by atoms with Crippen molar-refractivity contribution in [3.8, 4) is 0 Å². The minimum Gasteiger partial charge on any atom is -0.394 e. The molecule has 1 aromatic rings. The summed E-state index contributed by atoms with van der Waals surface area (Å²) in [7, 11) is 0. The molecule has 2 rings (SSSR count). The molecule has 9 nitrogen and oxygen atoms in total. The first-order valence-electron chi connectivity index (χ1n) is 18.8. The van der Waals surface area contributed by atoms with Crippen LogP contribution in [0.2, 0.25) is 0 Å². The first kappa shape index (κ1) is 42.0. The Morgan fingerprint density at radius 2 is 1.23 bits per heavy atom. The summed E-state index contributed by atoms with van der Waals surface area (Å²) in [5.74, 6) is 0. The average Bonchev–Trinajstić information content (AvgIpc) is 3.09. The number of hydrogen-bond acceptors (Lipinski definition) is 9. The van der Waals surface area contributed by atoms with Gasteiger partial charge in [0.05, 0.1) is 19.3 Å². The minimum atomic E-state index is -1.56. The van der Waals surface area contributed by atoms with Crippen LogP contribution in [0.25, 0.3) is 0 Å². The van der Waals surface area contributed by atoms with E-state index >= 15 is 0 Å². The Balaban J connectivity index is 1.71. The van der Waals surface area contributed by atoms with Crippen LogP contribution in [0.5, 0.6) is 0 Å². The third kappa shape index (κ3) is 17.9. The van der Waals surface area contributed by atoms with E-state index in [2.05, 4.69) is 31.2 Å². The maximum Gasteiger partial charge on any atom is 0.186 e. The summed E-state index contributed by atoms with van der Waals surface area (Å²) in [5.41, 5.74) is 1.37. The fourth-order valence-corrected chi connectivity index (χ4v) is 6.27. The van der Waals surface area contributed by atoms with Crippen molar-refractivity contribution in [3.05, 3.63) is 35.9 Å². The van der Waals surface area contributed by atoms with Crippen molar-refractivity contribution in [2.24, 2.45) is 0 Å². The molecular weight excluding hydrogens is 600 g/mol. The Morgan fingerprint density at radius 3 is 1.83 bits per heavy atom. The minimum absolute atomic E-state index is 0.196. The van der Waals surface area contributed by atoms with Gasteiger partial charge in [-0.05, 0) is 31.2 Å². The molecule has 1 aliphatic rings. The molecule has 1 heterocycles. The molecule has 0 aliphatic carbocycles. The lowest BCUT2D eigenvalue weighted by Gasteiger charge is -2.40. The van der Waals surface area contributed by atoms with Crippen LogP contribution in [0, 0.1) is 0 Å². The summed E-state index contributed by atoms with van der Waals surface area (Å²) in [5, 5.41) is 61.9. The summed E-state index contributed by atoms with van der Waals surface area (Å²) in [6.07, 6.45) is 12.5. The van der Waals surface area contributed by atoms with Crippen LogP contribution in [0.1, 0.15) is 134 Å². The number of rotatable bonds is 29. The van der Waals surface area contributed by atoms with Gasteiger partial charge in [-0.1, -0.05) is 140 Å². The van der Waals surface area contributed by atoms with E-state index in [1.165, 1.54) is 76.2 Å². The summed E-state index contributed by atoms with van der Waals surface area (Å²) in [6.45, 7) is 1.87. The largest absolute Gasteiger partial charge is 0.394 e. The van der Waals surface area contributed by atoms with Gasteiger partial charge in [-0.3, -0.25) is 0 Å². The number of hydrogen-bond donors (Lipinski definition) is 6. The standard InChI is InChI=1S/C38H68O9/c1-2-3-4-5-6-7-8-9-10-11-15-21-26-31(40)34(41)33(29-46-38-37(44)36(43)35(42)32(28-39)47-38)45-27-22-16-13-12-14-18-23-30-24-19-17-20-25-30/h17,19-20,24-25,31-44H,2-16,18,21-23,26-29H2,1H3/t31-,32+,33+,34-,35-,36-,37+,38-/m0/s1. The molecule has 8 atom stereocenters. The molecule has 0 radical (unpaired) electrons. The molecule has 1 fully saturated rings. The van der Waals surface area contributed by atoms with Crippen LogP contribution < -0.4 is 0 Å². The van der Waals surface area contributed by atoms with Crippen molar-refractivity contribution >= 4 is 0 Å². The highest BCUT2D eigenvalue weighted by Crippen LogP contribution is 2.23. The quantitative estimate of drug-likeness (QED) is 0.0602. The molecule has 1 aliphatic heterocycles. The van der Waals surface area contributed by atoms with E-state index in [1.807, 2.05) is 6.07 Å². The van der Waals surface area contributed by atoms with Gasteiger partial charge in [0.25, 0.3) is 0 Å². The van der Waals surface area contributed by atoms with Crippen molar-refractivity contribution in [3.63, 3.8) is 0 Å². The number of aliphatic hydroxyl groups excluding tert-OH is 6. The lowest BCUT2D eigenvalue weighted by molar-refractivity contribution is -0.307. The smallest absolute Gasteiger partial charge is 0.186 e. The molecule has 0 bridgehead atoms. The second-order valence-electron chi connectivity index (χ2n) is 13.5. The van der Waals surface area contributed by atoms with Gasteiger partial charge in [0.15, 0.2) is 6.29 Å². The molecule has 0 aromatic heterocycles. The Bertz CT molecular complexity index is 842.